The summed E-state index contributed by atoms with van der Waals surface area (Å²) in [5.74, 6) is -1.16. The van der Waals surface area contributed by atoms with Gasteiger partial charge < -0.3 is 5.73 Å². The molecule has 0 aliphatic heterocycles. The van der Waals surface area contributed by atoms with Crippen LogP contribution in [0.5, 0.6) is 0 Å². The molecule has 2 aromatic rings. The Hall–Kier alpha value is -1.07. The fraction of sp³-hybridized carbons (Fsp3) is 0.300. The molecule has 15 heavy (non-hydrogen) atoms. The first-order valence-electron chi connectivity index (χ1n) is 4.65. The molecule has 0 spiro atoms. The van der Waals surface area contributed by atoms with Crippen molar-refractivity contribution in [1.82, 2.24) is 4.98 Å². The summed E-state index contributed by atoms with van der Waals surface area (Å²) in [5, 5.41) is 0.806. The quantitative estimate of drug-likeness (QED) is 0.876. The summed E-state index contributed by atoms with van der Waals surface area (Å²) in [5.41, 5.74) is 5.63. The van der Waals surface area contributed by atoms with E-state index in [1.54, 1.807) is 0 Å². The molecule has 0 aliphatic rings. The molecular formula is C10H10F2N2S. The van der Waals surface area contributed by atoms with Crippen molar-refractivity contribution in [2.24, 2.45) is 5.73 Å². The summed E-state index contributed by atoms with van der Waals surface area (Å²) in [6.45, 7) is 0.576. The Morgan fingerprint density at radius 3 is 2.87 bits per heavy atom. The van der Waals surface area contributed by atoms with E-state index in [0.29, 0.717) is 11.2 Å². The zero-order valence-electron chi connectivity index (χ0n) is 7.96. The Bertz CT molecular complexity index is 481. The number of rotatable bonds is 3. The van der Waals surface area contributed by atoms with Crippen molar-refractivity contribution >= 4 is 21.6 Å². The Morgan fingerprint density at radius 2 is 2.13 bits per heavy atom. The Balaban J connectivity index is 2.41. The molecule has 1 aromatic carbocycles. The molecule has 2 rings (SSSR count). The molecule has 80 valence electrons. The molecule has 0 bridgehead atoms. The van der Waals surface area contributed by atoms with Crippen molar-refractivity contribution in [2.75, 3.05) is 6.54 Å². The molecule has 2 N–H and O–H groups in total. The molecule has 2 nitrogen and oxygen atoms in total. The van der Waals surface area contributed by atoms with Gasteiger partial charge in [-0.05, 0) is 19.0 Å². The van der Waals surface area contributed by atoms with Crippen LogP contribution < -0.4 is 5.73 Å². The summed E-state index contributed by atoms with van der Waals surface area (Å²) in [6.07, 6.45) is 1.53. The van der Waals surface area contributed by atoms with Crippen LogP contribution in [0.15, 0.2) is 12.1 Å². The highest BCUT2D eigenvalue weighted by atomic mass is 32.1. The largest absolute Gasteiger partial charge is 0.330 e. The fourth-order valence-corrected chi connectivity index (χ4v) is 2.41. The van der Waals surface area contributed by atoms with Crippen molar-refractivity contribution in [2.45, 2.75) is 12.8 Å². The van der Waals surface area contributed by atoms with Gasteiger partial charge in [0, 0.05) is 12.5 Å². The molecule has 0 amide bonds. The lowest BCUT2D eigenvalue weighted by molar-refractivity contribution is 0.591. The predicted octanol–water partition coefficient (Wildman–Crippen LogP) is 2.47. The van der Waals surface area contributed by atoms with Gasteiger partial charge in [-0.2, -0.15) is 0 Å². The second-order valence-corrected chi connectivity index (χ2v) is 4.35. The fourth-order valence-electron chi connectivity index (χ4n) is 1.36. The monoisotopic (exact) mass is 228 g/mol. The number of halogens is 2. The van der Waals surface area contributed by atoms with Gasteiger partial charge in [0.1, 0.15) is 11.3 Å². The van der Waals surface area contributed by atoms with E-state index < -0.39 is 11.6 Å². The van der Waals surface area contributed by atoms with E-state index in [1.165, 1.54) is 17.4 Å². The topological polar surface area (TPSA) is 38.9 Å². The van der Waals surface area contributed by atoms with Crippen molar-refractivity contribution in [3.63, 3.8) is 0 Å². The third kappa shape index (κ3) is 2.13. The van der Waals surface area contributed by atoms with Crippen LogP contribution in [-0.4, -0.2) is 11.5 Å². The number of nitrogens with zero attached hydrogens (tertiary/aromatic N) is 1. The van der Waals surface area contributed by atoms with Crippen LogP contribution in [-0.2, 0) is 6.42 Å². The number of hydrogen-bond donors (Lipinski definition) is 1. The van der Waals surface area contributed by atoms with Crippen molar-refractivity contribution in [3.05, 3.63) is 28.8 Å². The van der Waals surface area contributed by atoms with Gasteiger partial charge in [0.05, 0.1) is 9.71 Å². The van der Waals surface area contributed by atoms with Crippen LogP contribution in [0.2, 0.25) is 0 Å². The van der Waals surface area contributed by atoms with E-state index in [0.717, 1.165) is 23.9 Å². The lowest BCUT2D eigenvalue weighted by atomic mass is 10.3. The molecule has 0 atom stereocenters. The standard InChI is InChI=1S/C10H10F2N2S/c11-6-4-7(12)10-8(5-6)15-9(14-10)2-1-3-13/h4-5H,1-3,13H2. The van der Waals surface area contributed by atoms with Crippen LogP contribution >= 0.6 is 11.3 Å². The number of aromatic nitrogens is 1. The van der Waals surface area contributed by atoms with Gasteiger partial charge in [-0.25, -0.2) is 13.8 Å². The molecule has 1 heterocycles. The lowest BCUT2D eigenvalue weighted by Gasteiger charge is -1.90. The van der Waals surface area contributed by atoms with Gasteiger partial charge in [-0.1, -0.05) is 0 Å². The van der Waals surface area contributed by atoms with Gasteiger partial charge in [0.2, 0.25) is 0 Å². The van der Waals surface area contributed by atoms with Gasteiger partial charge in [0.25, 0.3) is 0 Å². The second-order valence-electron chi connectivity index (χ2n) is 3.23. The van der Waals surface area contributed by atoms with Crippen LogP contribution in [0.3, 0.4) is 0 Å². The SMILES string of the molecule is NCCCc1nc2c(F)cc(F)cc2s1. The zero-order valence-corrected chi connectivity index (χ0v) is 8.78. The van der Waals surface area contributed by atoms with E-state index in [2.05, 4.69) is 4.98 Å². The van der Waals surface area contributed by atoms with Crippen LogP contribution in [0, 0.1) is 11.6 Å². The molecule has 1 aromatic heterocycles. The van der Waals surface area contributed by atoms with E-state index in [-0.39, 0.29) is 5.52 Å². The van der Waals surface area contributed by atoms with Gasteiger partial charge in [0.15, 0.2) is 5.82 Å². The highest BCUT2D eigenvalue weighted by Crippen LogP contribution is 2.26. The number of nitrogens with two attached hydrogens (primary N) is 1. The minimum Gasteiger partial charge on any atom is -0.330 e. The molecule has 0 radical (unpaired) electrons. The Morgan fingerprint density at radius 1 is 1.33 bits per heavy atom. The summed E-state index contributed by atoms with van der Waals surface area (Å²) in [7, 11) is 0. The molecule has 0 aliphatic carbocycles. The smallest absolute Gasteiger partial charge is 0.153 e. The van der Waals surface area contributed by atoms with Gasteiger partial charge in [-0.3, -0.25) is 0 Å². The van der Waals surface area contributed by atoms with Crippen LogP contribution in [0.1, 0.15) is 11.4 Å². The number of fused-ring (bicyclic) bond motifs is 1. The number of aryl methyl sites for hydroxylation is 1. The van der Waals surface area contributed by atoms with Gasteiger partial charge in [-0.15, -0.1) is 11.3 Å². The van der Waals surface area contributed by atoms with Crippen LogP contribution in [0.25, 0.3) is 10.2 Å². The molecule has 5 heteroatoms. The molecule has 0 saturated heterocycles. The zero-order chi connectivity index (χ0) is 10.8. The van der Waals surface area contributed by atoms with E-state index in [9.17, 15) is 8.78 Å². The van der Waals surface area contributed by atoms with Gasteiger partial charge >= 0.3 is 0 Å². The molecule has 0 fully saturated rings. The summed E-state index contributed by atoms with van der Waals surface area (Å²) in [6, 6.07) is 2.16. The van der Waals surface area contributed by atoms with Crippen molar-refractivity contribution < 1.29 is 8.78 Å². The first-order chi connectivity index (χ1) is 7.20. The third-order valence-corrected chi connectivity index (χ3v) is 3.11. The minimum atomic E-state index is -0.597. The highest BCUT2D eigenvalue weighted by Gasteiger charge is 2.09. The summed E-state index contributed by atoms with van der Waals surface area (Å²) in [4.78, 5) is 4.11. The van der Waals surface area contributed by atoms with Crippen molar-refractivity contribution in [1.29, 1.82) is 0 Å². The first-order valence-corrected chi connectivity index (χ1v) is 5.47. The normalized spacial score (nSPS) is 11.1. The maximum atomic E-state index is 13.3. The van der Waals surface area contributed by atoms with Crippen molar-refractivity contribution in [3.8, 4) is 0 Å². The number of hydrogen-bond acceptors (Lipinski definition) is 3. The molecular weight excluding hydrogens is 218 g/mol. The highest BCUT2D eigenvalue weighted by molar-refractivity contribution is 7.18. The maximum absolute atomic E-state index is 13.3. The Kier molecular flexibility index (Phi) is 2.93. The first kappa shape index (κ1) is 10.4. The maximum Gasteiger partial charge on any atom is 0.153 e. The number of benzene rings is 1. The summed E-state index contributed by atoms with van der Waals surface area (Å²) >= 11 is 1.32. The predicted molar refractivity (Wildman–Crippen MR) is 56.9 cm³/mol. The Labute approximate surface area is 89.7 Å². The molecule has 0 unspecified atom stereocenters. The number of thiazole rings is 1. The van der Waals surface area contributed by atoms with E-state index in [4.69, 9.17) is 5.73 Å². The average Bonchev–Trinajstić information content (AvgIpc) is 2.57. The van der Waals surface area contributed by atoms with E-state index >= 15 is 0 Å². The third-order valence-electron chi connectivity index (χ3n) is 2.05. The average molecular weight is 228 g/mol. The second kappa shape index (κ2) is 4.20. The van der Waals surface area contributed by atoms with E-state index in [1.807, 2.05) is 0 Å². The van der Waals surface area contributed by atoms with Crippen LogP contribution in [0.4, 0.5) is 8.78 Å². The lowest BCUT2D eigenvalue weighted by Crippen LogP contribution is -1.99. The minimum absolute atomic E-state index is 0.258. The molecule has 0 saturated carbocycles. The summed E-state index contributed by atoms with van der Waals surface area (Å²) < 4.78 is 26.7.